The molecule has 1 atom stereocenters. The molecule has 2 saturated heterocycles. The maximum absolute atomic E-state index is 13.0. The van der Waals surface area contributed by atoms with Gasteiger partial charge in [0.15, 0.2) is 16.4 Å². The smallest absolute Gasteiger partial charge is 0.278 e. The number of hydrogen-bond acceptors (Lipinski definition) is 5. The van der Waals surface area contributed by atoms with Crippen LogP contribution in [0.2, 0.25) is 0 Å². The molecule has 2 N–H and O–H groups in total. The van der Waals surface area contributed by atoms with Crippen molar-refractivity contribution >= 4 is 21.4 Å². The molecule has 0 aromatic heterocycles. The Morgan fingerprint density at radius 2 is 2.00 bits per heavy atom. The van der Waals surface area contributed by atoms with Crippen LogP contribution in [0.4, 0.5) is 5.69 Å². The van der Waals surface area contributed by atoms with E-state index in [2.05, 4.69) is 11.8 Å². The summed E-state index contributed by atoms with van der Waals surface area (Å²) in [6.45, 7) is 6.36. The summed E-state index contributed by atoms with van der Waals surface area (Å²) in [7, 11) is -3.01. The molecule has 2 heterocycles. The zero-order chi connectivity index (χ0) is 20.1. The van der Waals surface area contributed by atoms with Crippen LogP contribution in [0.1, 0.15) is 26.2 Å². The number of carbonyl (C=O) groups is 1. The molecule has 8 heteroatoms. The Labute approximate surface area is 167 Å². The van der Waals surface area contributed by atoms with Crippen LogP contribution in [0.15, 0.2) is 24.3 Å². The van der Waals surface area contributed by atoms with Gasteiger partial charge in [0.2, 0.25) is 0 Å². The van der Waals surface area contributed by atoms with Gasteiger partial charge in [-0.3, -0.25) is 4.79 Å². The van der Waals surface area contributed by atoms with E-state index in [-0.39, 0.29) is 29.2 Å². The predicted molar refractivity (Wildman–Crippen MR) is 110 cm³/mol. The minimum Gasteiger partial charge on any atom is -0.506 e. The van der Waals surface area contributed by atoms with Gasteiger partial charge in [0.25, 0.3) is 5.91 Å². The maximum atomic E-state index is 13.0. The molecule has 0 aliphatic carbocycles. The lowest BCUT2D eigenvalue weighted by atomic mass is 10.2. The van der Waals surface area contributed by atoms with E-state index in [1.165, 1.54) is 4.90 Å². The van der Waals surface area contributed by atoms with E-state index in [1.54, 1.807) is 6.07 Å². The van der Waals surface area contributed by atoms with E-state index in [1.807, 2.05) is 23.1 Å². The van der Waals surface area contributed by atoms with Gasteiger partial charge in [-0.25, -0.2) is 8.42 Å². The van der Waals surface area contributed by atoms with Crippen LogP contribution in [-0.4, -0.2) is 81.1 Å². The molecule has 2 fully saturated rings. The highest BCUT2D eigenvalue weighted by atomic mass is 32.2. The van der Waals surface area contributed by atoms with E-state index in [0.717, 1.165) is 44.7 Å². The van der Waals surface area contributed by atoms with Gasteiger partial charge in [-0.05, 0) is 25.0 Å². The third-order valence-electron chi connectivity index (χ3n) is 5.82. The topological polar surface area (TPSA) is 82.4 Å². The highest BCUT2D eigenvalue weighted by Gasteiger charge is 2.35. The maximum Gasteiger partial charge on any atom is 0.278 e. The molecule has 1 aromatic rings. The number of anilines is 1. The first kappa shape index (κ1) is 20.9. The standard InChI is InChI=1S/C20H31N3O4S/c1-2-3-9-23(17-8-14-28(26,27)16-17)20(25)15-21-10-12-22(13-11-21)18-6-4-5-7-19(18)24/h4-7,17,24H,2-3,8-16H2,1H3/p+1/t17-/m0/s1. The average Bonchev–Trinajstić information content (AvgIpc) is 3.03. The monoisotopic (exact) mass is 410 g/mol. The fraction of sp³-hybridized carbons (Fsp3) is 0.650. The Bertz CT molecular complexity index is 775. The van der Waals surface area contributed by atoms with Crippen molar-refractivity contribution < 1.29 is 23.2 Å². The molecule has 0 saturated carbocycles. The van der Waals surface area contributed by atoms with Crippen molar-refractivity contribution in [1.29, 1.82) is 0 Å². The van der Waals surface area contributed by atoms with Crippen LogP contribution in [0.25, 0.3) is 0 Å². The fourth-order valence-corrected chi connectivity index (χ4v) is 5.88. The van der Waals surface area contributed by atoms with Crippen molar-refractivity contribution in [3.05, 3.63) is 24.3 Å². The van der Waals surface area contributed by atoms with Crippen LogP contribution in [-0.2, 0) is 14.6 Å². The van der Waals surface area contributed by atoms with E-state index >= 15 is 0 Å². The Balaban J connectivity index is 1.56. The first-order chi connectivity index (χ1) is 13.4. The van der Waals surface area contributed by atoms with Gasteiger partial charge >= 0.3 is 0 Å². The van der Waals surface area contributed by atoms with Crippen LogP contribution in [0, 0.1) is 0 Å². The SMILES string of the molecule is CCCCN(C(=O)C[NH+]1CCN(c2ccccc2O)CC1)[C@H]1CCS(=O)(=O)C1. The molecular weight excluding hydrogens is 378 g/mol. The van der Waals surface area contributed by atoms with Crippen molar-refractivity contribution in [3.63, 3.8) is 0 Å². The molecule has 0 bridgehead atoms. The second kappa shape index (κ2) is 9.13. The molecule has 7 nitrogen and oxygen atoms in total. The zero-order valence-electron chi connectivity index (χ0n) is 16.6. The number of phenolic OH excluding ortho intramolecular Hbond substituents is 1. The summed E-state index contributed by atoms with van der Waals surface area (Å²) < 4.78 is 23.7. The molecular formula is C20H32N3O4S+. The zero-order valence-corrected chi connectivity index (χ0v) is 17.5. The molecule has 0 unspecified atom stereocenters. The summed E-state index contributed by atoms with van der Waals surface area (Å²) in [6.07, 6.45) is 2.45. The number of rotatable bonds is 7. The molecule has 0 radical (unpaired) electrons. The highest BCUT2D eigenvalue weighted by molar-refractivity contribution is 7.91. The summed E-state index contributed by atoms with van der Waals surface area (Å²) in [5.41, 5.74) is 0.841. The molecule has 1 amide bonds. The molecule has 0 spiro atoms. The first-order valence-electron chi connectivity index (χ1n) is 10.3. The number of piperazine rings is 1. The summed E-state index contributed by atoms with van der Waals surface area (Å²) >= 11 is 0. The number of quaternary nitrogens is 1. The minimum atomic E-state index is -3.01. The number of nitrogens with one attached hydrogen (secondary N) is 1. The van der Waals surface area contributed by atoms with E-state index < -0.39 is 9.84 Å². The van der Waals surface area contributed by atoms with Crippen molar-refractivity contribution in [1.82, 2.24) is 4.90 Å². The minimum absolute atomic E-state index is 0.0709. The number of hydrogen-bond donors (Lipinski definition) is 2. The predicted octanol–water partition coefficient (Wildman–Crippen LogP) is -0.0871. The highest BCUT2D eigenvalue weighted by Crippen LogP contribution is 2.26. The third kappa shape index (κ3) is 5.17. The quantitative estimate of drug-likeness (QED) is 0.657. The lowest BCUT2D eigenvalue weighted by Crippen LogP contribution is -3.16. The Hall–Kier alpha value is -1.80. The van der Waals surface area contributed by atoms with Gasteiger partial charge < -0.3 is 19.8 Å². The second-order valence-electron chi connectivity index (χ2n) is 7.90. The van der Waals surface area contributed by atoms with Crippen molar-refractivity contribution in [3.8, 4) is 5.75 Å². The van der Waals surface area contributed by atoms with Gasteiger partial charge in [0.05, 0.1) is 43.4 Å². The van der Waals surface area contributed by atoms with Crippen molar-refractivity contribution in [2.45, 2.75) is 32.2 Å². The van der Waals surface area contributed by atoms with Crippen LogP contribution >= 0.6 is 0 Å². The molecule has 2 aliphatic rings. The Kier molecular flexibility index (Phi) is 6.82. The van der Waals surface area contributed by atoms with Crippen LogP contribution < -0.4 is 9.80 Å². The van der Waals surface area contributed by atoms with E-state index in [9.17, 15) is 18.3 Å². The van der Waals surface area contributed by atoms with Gasteiger partial charge in [-0.2, -0.15) is 0 Å². The largest absolute Gasteiger partial charge is 0.506 e. The number of nitrogens with zero attached hydrogens (tertiary/aromatic N) is 2. The first-order valence-corrected chi connectivity index (χ1v) is 12.1. The summed E-state index contributed by atoms with van der Waals surface area (Å²) in [5.74, 6) is 0.662. The lowest BCUT2D eigenvalue weighted by Gasteiger charge is -2.35. The van der Waals surface area contributed by atoms with E-state index in [4.69, 9.17) is 0 Å². The Morgan fingerprint density at radius 3 is 2.61 bits per heavy atom. The number of aromatic hydroxyl groups is 1. The summed E-state index contributed by atoms with van der Waals surface area (Å²) in [6, 6.07) is 7.18. The third-order valence-corrected chi connectivity index (χ3v) is 7.57. The average molecular weight is 411 g/mol. The van der Waals surface area contributed by atoms with Gasteiger partial charge in [0, 0.05) is 12.6 Å². The Morgan fingerprint density at radius 1 is 1.29 bits per heavy atom. The summed E-state index contributed by atoms with van der Waals surface area (Å²) in [5, 5.41) is 10.0. The van der Waals surface area contributed by atoms with E-state index in [0.29, 0.717) is 19.5 Å². The number of unbranched alkanes of at least 4 members (excludes halogenated alkanes) is 1. The molecule has 1 aromatic carbocycles. The van der Waals surface area contributed by atoms with Crippen molar-refractivity contribution in [2.75, 3.05) is 55.7 Å². The van der Waals surface area contributed by atoms with Gasteiger partial charge in [-0.15, -0.1) is 0 Å². The molecule has 2 aliphatic heterocycles. The van der Waals surface area contributed by atoms with Crippen LogP contribution in [0.3, 0.4) is 0 Å². The number of amides is 1. The lowest BCUT2D eigenvalue weighted by molar-refractivity contribution is -0.892. The molecule has 28 heavy (non-hydrogen) atoms. The number of benzene rings is 1. The number of para-hydroxylation sites is 2. The fourth-order valence-electron chi connectivity index (χ4n) is 4.15. The molecule has 156 valence electrons. The number of phenols is 1. The van der Waals surface area contributed by atoms with Crippen molar-refractivity contribution in [2.24, 2.45) is 0 Å². The van der Waals surface area contributed by atoms with Gasteiger partial charge in [0.1, 0.15) is 5.75 Å². The van der Waals surface area contributed by atoms with Crippen LogP contribution in [0.5, 0.6) is 5.75 Å². The summed E-state index contributed by atoms with van der Waals surface area (Å²) in [4.78, 5) is 18.2. The normalized spacial score (nSPS) is 22.3. The number of carbonyl (C=O) groups excluding carboxylic acids is 1. The number of sulfone groups is 1. The van der Waals surface area contributed by atoms with Gasteiger partial charge in [-0.1, -0.05) is 25.5 Å². The second-order valence-corrected chi connectivity index (χ2v) is 10.1. The molecule has 3 rings (SSSR count).